The van der Waals surface area contributed by atoms with E-state index in [1.165, 1.54) is 0 Å². The summed E-state index contributed by atoms with van der Waals surface area (Å²) in [6, 6.07) is 6.98. The fourth-order valence-electron chi connectivity index (χ4n) is 5.94. The molecule has 1 N–H and O–H groups in total. The number of aromatic carboxylic acids is 1. The minimum absolute atomic E-state index is 0.0223. The molecule has 3 rings (SSSR count). The minimum atomic E-state index is -0.935. The third kappa shape index (κ3) is 6.74. The van der Waals surface area contributed by atoms with E-state index in [2.05, 4.69) is 58.3 Å². The molecule has 1 saturated carbocycles. The van der Waals surface area contributed by atoms with Crippen molar-refractivity contribution >= 4 is 17.7 Å². The Morgan fingerprint density at radius 1 is 1.14 bits per heavy atom. The van der Waals surface area contributed by atoms with E-state index in [0.29, 0.717) is 11.8 Å². The Bertz CT molecular complexity index is 976. The number of amides is 1. The second-order valence-electron chi connectivity index (χ2n) is 13.6. The van der Waals surface area contributed by atoms with Crippen LogP contribution >= 0.6 is 0 Å². The molecule has 1 unspecified atom stereocenters. The highest BCUT2D eigenvalue weighted by molar-refractivity contribution is 6.39. The molecular weight excluding hydrogens is 462 g/mol. The number of rotatable bonds is 8. The lowest BCUT2D eigenvalue weighted by Gasteiger charge is -2.47. The van der Waals surface area contributed by atoms with Crippen LogP contribution in [0, 0.1) is 16.7 Å². The van der Waals surface area contributed by atoms with Crippen LogP contribution in [0.1, 0.15) is 122 Å². The molecule has 1 amide bonds. The van der Waals surface area contributed by atoms with Gasteiger partial charge in [0.2, 0.25) is 0 Å². The third-order valence-electron chi connectivity index (χ3n) is 8.41. The van der Waals surface area contributed by atoms with E-state index in [1.807, 2.05) is 19.2 Å². The molecule has 1 aromatic rings. The SMILES string of the molecule is CCCCN(C)C1=NC2(CCC(C(C)(C)C)CC2)N(C(CCC(C)(C)C)c2ccc(C(=O)O)cc2)C1=O. The molecule has 0 radical (unpaired) electrons. The fourth-order valence-corrected chi connectivity index (χ4v) is 5.94. The number of carbonyl (C=O) groups is 2. The Balaban J connectivity index is 2.05. The lowest BCUT2D eigenvalue weighted by atomic mass is 9.69. The van der Waals surface area contributed by atoms with E-state index in [-0.39, 0.29) is 28.3 Å². The van der Waals surface area contributed by atoms with Crippen LogP contribution in [0.25, 0.3) is 0 Å². The summed E-state index contributed by atoms with van der Waals surface area (Å²) in [6.45, 7) is 16.6. The molecular formula is C31H49N3O3. The Morgan fingerprint density at radius 3 is 2.22 bits per heavy atom. The van der Waals surface area contributed by atoms with Crippen LogP contribution in [-0.4, -0.2) is 51.9 Å². The van der Waals surface area contributed by atoms with Gasteiger partial charge < -0.3 is 14.9 Å². The number of carboxylic acids is 1. The number of hydrogen-bond acceptors (Lipinski definition) is 4. The molecule has 206 valence electrons. The monoisotopic (exact) mass is 511 g/mol. The number of carbonyl (C=O) groups excluding carboxylic acids is 1. The van der Waals surface area contributed by atoms with E-state index < -0.39 is 11.6 Å². The second-order valence-corrected chi connectivity index (χ2v) is 13.6. The van der Waals surface area contributed by atoms with Crippen molar-refractivity contribution in [2.24, 2.45) is 21.7 Å². The summed E-state index contributed by atoms with van der Waals surface area (Å²) in [5.74, 6) is 0.282. The zero-order valence-electron chi connectivity index (χ0n) is 24.4. The normalized spacial score (nSPS) is 23.4. The van der Waals surface area contributed by atoms with Crippen molar-refractivity contribution in [2.75, 3.05) is 13.6 Å². The number of hydrogen-bond donors (Lipinski definition) is 1. The van der Waals surface area contributed by atoms with Crippen molar-refractivity contribution in [1.82, 2.24) is 9.80 Å². The topological polar surface area (TPSA) is 73.2 Å². The summed E-state index contributed by atoms with van der Waals surface area (Å²) >= 11 is 0. The van der Waals surface area contributed by atoms with Gasteiger partial charge in [-0.25, -0.2) is 9.79 Å². The van der Waals surface area contributed by atoms with Crippen LogP contribution in [0.3, 0.4) is 0 Å². The summed E-state index contributed by atoms with van der Waals surface area (Å²) in [6.07, 6.45) is 7.68. The van der Waals surface area contributed by atoms with Gasteiger partial charge in [-0.2, -0.15) is 0 Å². The molecule has 6 heteroatoms. The van der Waals surface area contributed by atoms with Gasteiger partial charge >= 0.3 is 5.97 Å². The van der Waals surface area contributed by atoms with Crippen molar-refractivity contribution in [3.05, 3.63) is 35.4 Å². The molecule has 0 aromatic heterocycles. The van der Waals surface area contributed by atoms with Crippen molar-refractivity contribution < 1.29 is 14.7 Å². The third-order valence-corrected chi connectivity index (χ3v) is 8.41. The van der Waals surface area contributed by atoms with E-state index in [0.717, 1.165) is 63.5 Å². The van der Waals surface area contributed by atoms with Crippen LogP contribution in [0.2, 0.25) is 0 Å². The van der Waals surface area contributed by atoms with Gasteiger partial charge in [0.15, 0.2) is 5.84 Å². The summed E-state index contributed by atoms with van der Waals surface area (Å²) in [4.78, 5) is 35.2. The maximum Gasteiger partial charge on any atom is 0.335 e. The Hall–Kier alpha value is -2.37. The first-order chi connectivity index (χ1) is 17.2. The number of aliphatic imine (C=N–C) groups is 1. The summed E-state index contributed by atoms with van der Waals surface area (Å²) in [7, 11) is 2.00. The molecule has 1 aliphatic heterocycles. The van der Waals surface area contributed by atoms with Gasteiger partial charge in [0, 0.05) is 13.6 Å². The molecule has 1 aromatic carbocycles. The number of likely N-dealkylation sites (N-methyl/N-ethyl adjacent to an activating group) is 1. The van der Waals surface area contributed by atoms with Gasteiger partial charge in [-0.3, -0.25) is 4.79 Å². The van der Waals surface area contributed by atoms with Gasteiger partial charge in [-0.15, -0.1) is 0 Å². The molecule has 1 heterocycles. The van der Waals surface area contributed by atoms with Crippen molar-refractivity contribution in [3.63, 3.8) is 0 Å². The molecule has 6 nitrogen and oxygen atoms in total. The van der Waals surface area contributed by atoms with Crippen LogP contribution in [-0.2, 0) is 4.79 Å². The van der Waals surface area contributed by atoms with E-state index in [4.69, 9.17) is 4.99 Å². The smallest absolute Gasteiger partial charge is 0.335 e. The predicted octanol–water partition coefficient (Wildman–Crippen LogP) is 7.16. The molecule has 0 saturated heterocycles. The molecule has 1 fully saturated rings. The van der Waals surface area contributed by atoms with Crippen molar-refractivity contribution in [3.8, 4) is 0 Å². The summed E-state index contributed by atoms with van der Waals surface area (Å²) in [5, 5.41) is 9.45. The molecule has 1 atom stereocenters. The highest BCUT2D eigenvalue weighted by atomic mass is 16.4. The summed E-state index contributed by atoms with van der Waals surface area (Å²) in [5.41, 5.74) is 1.07. The lowest BCUT2D eigenvalue weighted by Crippen LogP contribution is -2.52. The van der Waals surface area contributed by atoms with Crippen molar-refractivity contribution in [1.29, 1.82) is 0 Å². The van der Waals surface area contributed by atoms with Gasteiger partial charge in [0.05, 0.1) is 11.6 Å². The minimum Gasteiger partial charge on any atom is -0.478 e. The van der Waals surface area contributed by atoms with Gasteiger partial charge in [-0.1, -0.05) is 67.0 Å². The average molecular weight is 512 g/mol. The first-order valence-corrected chi connectivity index (χ1v) is 14.2. The van der Waals surface area contributed by atoms with Crippen molar-refractivity contribution in [2.45, 2.75) is 112 Å². The van der Waals surface area contributed by atoms with Crippen LogP contribution in [0.15, 0.2) is 29.3 Å². The fraction of sp³-hybridized carbons (Fsp3) is 0.710. The number of carboxylic acid groups (broad SMARTS) is 1. The Morgan fingerprint density at radius 2 is 1.73 bits per heavy atom. The van der Waals surface area contributed by atoms with Crippen LogP contribution in [0.5, 0.6) is 0 Å². The predicted molar refractivity (Wildman–Crippen MR) is 151 cm³/mol. The van der Waals surface area contributed by atoms with Gasteiger partial charge in [0.1, 0.15) is 5.66 Å². The van der Waals surface area contributed by atoms with E-state index in [9.17, 15) is 14.7 Å². The first-order valence-electron chi connectivity index (χ1n) is 14.2. The highest BCUT2D eigenvalue weighted by Gasteiger charge is 2.53. The van der Waals surface area contributed by atoms with E-state index in [1.54, 1.807) is 12.1 Å². The highest BCUT2D eigenvalue weighted by Crippen LogP contribution is 2.50. The standard InChI is InChI=1S/C31H49N3O3/c1-9-10-21-33(8)26-27(35)34(31(32-26)19-15-24(16-20-31)30(5,6)7)25(17-18-29(2,3)4)22-11-13-23(14-12-22)28(36)37/h11-14,24-25H,9-10,15-21H2,1-8H3,(H,36,37). The van der Waals surface area contributed by atoms with Gasteiger partial charge in [0.25, 0.3) is 5.91 Å². The Labute approximate surface area is 224 Å². The zero-order chi connectivity index (χ0) is 27.6. The molecule has 2 aliphatic rings. The zero-order valence-corrected chi connectivity index (χ0v) is 24.4. The largest absolute Gasteiger partial charge is 0.478 e. The van der Waals surface area contributed by atoms with E-state index >= 15 is 0 Å². The summed E-state index contributed by atoms with van der Waals surface area (Å²) < 4.78 is 0. The number of nitrogens with zero attached hydrogens (tertiary/aromatic N) is 3. The number of amidine groups is 1. The quantitative estimate of drug-likeness (QED) is 0.402. The molecule has 37 heavy (non-hydrogen) atoms. The Kier molecular flexibility index (Phi) is 8.81. The van der Waals surface area contributed by atoms with Gasteiger partial charge in [-0.05, 0) is 79.4 Å². The maximum atomic E-state index is 14.2. The number of benzene rings is 1. The average Bonchev–Trinajstić information content (AvgIpc) is 3.08. The molecule has 1 aliphatic carbocycles. The van der Waals surface area contributed by atoms with Crippen LogP contribution < -0.4 is 0 Å². The van der Waals surface area contributed by atoms with Crippen LogP contribution in [0.4, 0.5) is 0 Å². The number of unbranched alkanes of at least 4 members (excludes halogenated alkanes) is 1. The lowest BCUT2D eigenvalue weighted by molar-refractivity contribution is -0.134. The first kappa shape index (κ1) is 29.2. The maximum absolute atomic E-state index is 14.2. The second kappa shape index (κ2) is 11.2. The molecule has 1 spiro atoms. The molecule has 0 bridgehead atoms.